The van der Waals surface area contributed by atoms with E-state index in [-0.39, 0.29) is 18.6 Å². The standard InChI is InChI=1S/C24H29ClN4O6S/c1-17-5-8-19(25)12-22(17)29(36(2,32)33)15-23(30)28-27-13-18-6-9-20(10-7-18)35-16-24(31)26-14-21-4-3-11-34-21/h5-10,12-13,21H,3-4,11,14-16H2,1-2H3,(H,26,31)(H,28,30)/b27-13-/t21-/m1/s1. The summed E-state index contributed by atoms with van der Waals surface area (Å²) in [7, 11) is -3.74. The molecule has 1 aliphatic heterocycles. The van der Waals surface area contributed by atoms with Crippen LogP contribution in [0.15, 0.2) is 47.6 Å². The van der Waals surface area contributed by atoms with Crippen molar-refractivity contribution in [3.05, 3.63) is 58.6 Å². The van der Waals surface area contributed by atoms with Gasteiger partial charge in [0.25, 0.3) is 11.8 Å². The summed E-state index contributed by atoms with van der Waals surface area (Å²) in [6.45, 7) is 2.37. The molecule has 3 rings (SSSR count). The molecule has 36 heavy (non-hydrogen) atoms. The molecule has 1 saturated heterocycles. The SMILES string of the molecule is Cc1ccc(Cl)cc1N(CC(=O)N/N=C\c1ccc(OCC(=O)NC[C@H]2CCCO2)cc1)S(C)(=O)=O. The van der Waals surface area contributed by atoms with Gasteiger partial charge >= 0.3 is 0 Å². The molecule has 0 radical (unpaired) electrons. The van der Waals surface area contributed by atoms with Crippen LogP contribution in [0.1, 0.15) is 24.0 Å². The van der Waals surface area contributed by atoms with Gasteiger partial charge < -0.3 is 14.8 Å². The van der Waals surface area contributed by atoms with Crippen LogP contribution in [0.5, 0.6) is 5.75 Å². The van der Waals surface area contributed by atoms with Crippen LogP contribution in [0, 0.1) is 6.92 Å². The van der Waals surface area contributed by atoms with Crippen molar-refractivity contribution in [2.75, 3.05) is 36.9 Å². The van der Waals surface area contributed by atoms with Gasteiger partial charge in [-0.05, 0) is 67.3 Å². The van der Waals surface area contributed by atoms with Gasteiger partial charge in [-0.25, -0.2) is 13.8 Å². The smallest absolute Gasteiger partial charge is 0.260 e. The Labute approximate surface area is 215 Å². The third-order valence-electron chi connectivity index (χ3n) is 5.33. The van der Waals surface area contributed by atoms with Crippen molar-refractivity contribution in [2.24, 2.45) is 5.10 Å². The molecule has 0 bridgehead atoms. The highest BCUT2D eigenvalue weighted by atomic mass is 35.5. The second-order valence-corrected chi connectivity index (χ2v) is 10.6. The maximum Gasteiger partial charge on any atom is 0.260 e. The molecule has 2 N–H and O–H groups in total. The lowest BCUT2D eigenvalue weighted by molar-refractivity contribution is -0.123. The molecule has 10 nitrogen and oxygen atoms in total. The van der Waals surface area contributed by atoms with Crippen molar-refractivity contribution in [1.82, 2.24) is 10.7 Å². The van der Waals surface area contributed by atoms with Gasteiger partial charge in [-0.3, -0.25) is 13.9 Å². The van der Waals surface area contributed by atoms with E-state index in [1.807, 2.05) is 0 Å². The Morgan fingerprint density at radius 1 is 1.22 bits per heavy atom. The number of carbonyl (C=O) groups excluding carboxylic acids is 2. The van der Waals surface area contributed by atoms with Crippen LogP contribution in [0.3, 0.4) is 0 Å². The number of halogens is 1. The zero-order valence-corrected chi connectivity index (χ0v) is 21.6. The Hall–Kier alpha value is -3.15. The molecule has 2 amide bonds. The minimum Gasteiger partial charge on any atom is -0.484 e. The number of ether oxygens (including phenoxy) is 2. The molecule has 0 aromatic heterocycles. The maximum atomic E-state index is 12.4. The third kappa shape index (κ3) is 8.51. The van der Waals surface area contributed by atoms with Crippen molar-refractivity contribution >= 4 is 45.3 Å². The molecule has 1 heterocycles. The molecule has 0 saturated carbocycles. The number of nitrogens with one attached hydrogen (secondary N) is 2. The van der Waals surface area contributed by atoms with Crippen LogP contribution >= 0.6 is 11.6 Å². The van der Waals surface area contributed by atoms with Gasteiger partial charge in [-0.2, -0.15) is 5.10 Å². The molecule has 2 aromatic carbocycles. The van der Waals surface area contributed by atoms with E-state index in [1.54, 1.807) is 43.3 Å². The fraction of sp³-hybridized carbons (Fsp3) is 0.375. The number of hydrogen-bond donors (Lipinski definition) is 2. The lowest BCUT2D eigenvalue weighted by Crippen LogP contribution is -2.39. The molecule has 1 fully saturated rings. The predicted molar refractivity (Wildman–Crippen MR) is 138 cm³/mol. The number of aryl methyl sites for hydroxylation is 1. The number of benzene rings is 2. The Balaban J connectivity index is 1.48. The van der Waals surface area contributed by atoms with E-state index in [4.69, 9.17) is 21.1 Å². The van der Waals surface area contributed by atoms with E-state index in [1.165, 1.54) is 12.3 Å². The maximum absolute atomic E-state index is 12.4. The summed E-state index contributed by atoms with van der Waals surface area (Å²) in [6.07, 6.45) is 4.45. The second kappa shape index (κ2) is 12.7. The zero-order valence-electron chi connectivity index (χ0n) is 20.1. The Morgan fingerprint density at radius 2 is 1.97 bits per heavy atom. The first-order valence-electron chi connectivity index (χ1n) is 11.3. The van der Waals surface area contributed by atoms with Crippen LogP contribution in [-0.2, 0) is 24.3 Å². The molecule has 1 atom stereocenters. The summed E-state index contributed by atoms with van der Waals surface area (Å²) >= 11 is 6.00. The zero-order chi connectivity index (χ0) is 26.1. The van der Waals surface area contributed by atoms with Gasteiger partial charge in [0.2, 0.25) is 10.0 Å². The fourth-order valence-electron chi connectivity index (χ4n) is 3.46. The van der Waals surface area contributed by atoms with Crippen molar-refractivity contribution < 1.29 is 27.5 Å². The molecule has 12 heteroatoms. The van der Waals surface area contributed by atoms with E-state index in [2.05, 4.69) is 15.8 Å². The summed E-state index contributed by atoms with van der Waals surface area (Å²) in [5.41, 5.74) is 3.97. The van der Waals surface area contributed by atoms with Crippen molar-refractivity contribution in [3.8, 4) is 5.75 Å². The first-order chi connectivity index (χ1) is 17.1. The molecule has 0 aliphatic carbocycles. The van der Waals surface area contributed by atoms with Crippen molar-refractivity contribution in [2.45, 2.75) is 25.9 Å². The van der Waals surface area contributed by atoms with E-state index in [0.29, 0.717) is 34.1 Å². The molecule has 194 valence electrons. The number of sulfonamides is 1. The van der Waals surface area contributed by atoms with Gasteiger partial charge in [-0.15, -0.1) is 0 Å². The lowest BCUT2D eigenvalue weighted by Gasteiger charge is -2.23. The number of hydrazone groups is 1. The fourth-order valence-corrected chi connectivity index (χ4v) is 4.53. The number of anilines is 1. The number of hydrogen-bond acceptors (Lipinski definition) is 7. The summed E-state index contributed by atoms with van der Waals surface area (Å²) in [6, 6.07) is 11.6. The van der Waals surface area contributed by atoms with Crippen molar-refractivity contribution in [3.63, 3.8) is 0 Å². The lowest BCUT2D eigenvalue weighted by atomic mass is 10.2. The minimum absolute atomic E-state index is 0.0726. The molecular weight excluding hydrogens is 508 g/mol. The molecule has 0 unspecified atom stereocenters. The number of rotatable bonds is 11. The highest BCUT2D eigenvalue weighted by molar-refractivity contribution is 7.92. The highest BCUT2D eigenvalue weighted by Crippen LogP contribution is 2.26. The number of amides is 2. The summed E-state index contributed by atoms with van der Waals surface area (Å²) in [5.74, 6) is -0.343. The monoisotopic (exact) mass is 536 g/mol. The quantitative estimate of drug-likeness (QED) is 0.335. The van der Waals surface area contributed by atoms with E-state index < -0.39 is 22.5 Å². The highest BCUT2D eigenvalue weighted by Gasteiger charge is 2.22. The molecule has 2 aromatic rings. The average Bonchev–Trinajstić information content (AvgIpc) is 3.35. The topological polar surface area (TPSA) is 126 Å². The van der Waals surface area contributed by atoms with Gasteiger partial charge in [0.05, 0.1) is 24.3 Å². The first-order valence-corrected chi connectivity index (χ1v) is 13.5. The van der Waals surface area contributed by atoms with E-state index in [0.717, 1.165) is 30.0 Å². The average molecular weight is 537 g/mol. The predicted octanol–water partition coefficient (Wildman–Crippen LogP) is 2.24. The minimum atomic E-state index is -3.74. The largest absolute Gasteiger partial charge is 0.484 e. The molecule has 0 spiro atoms. The van der Waals surface area contributed by atoms with Gasteiger partial charge in [0, 0.05) is 18.2 Å². The van der Waals surface area contributed by atoms with Crippen LogP contribution in [0.4, 0.5) is 5.69 Å². The number of nitrogens with zero attached hydrogens (tertiary/aromatic N) is 2. The van der Waals surface area contributed by atoms with Gasteiger partial charge in [-0.1, -0.05) is 17.7 Å². The van der Waals surface area contributed by atoms with Crippen molar-refractivity contribution in [1.29, 1.82) is 0 Å². The normalized spacial score (nSPS) is 15.6. The summed E-state index contributed by atoms with van der Waals surface area (Å²) < 4.78 is 36.5. The summed E-state index contributed by atoms with van der Waals surface area (Å²) in [5, 5.41) is 7.03. The van der Waals surface area contributed by atoms with Gasteiger partial charge in [0.1, 0.15) is 12.3 Å². The molecular formula is C24H29ClN4O6S. The third-order valence-corrected chi connectivity index (χ3v) is 6.69. The van der Waals surface area contributed by atoms with E-state index in [9.17, 15) is 18.0 Å². The van der Waals surface area contributed by atoms with Crippen LogP contribution < -0.4 is 19.8 Å². The second-order valence-electron chi connectivity index (χ2n) is 8.29. The number of carbonyl (C=O) groups is 2. The van der Waals surface area contributed by atoms with E-state index >= 15 is 0 Å². The first kappa shape index (κ1) is 27.4. The Bertz CT molecular complexity index is 1200. The van der Waals surface area contributed by atoms with Crippen LogP contribution in [0.2, 0.25) is 5.02 Å². The summed E-state index contributed by atoms with van der Waals surface area (Å²) in [4.78, 5) is 24.3. The van der Waals surface area contributed by atoms with Crippen LogP contribution in [0.25, 0.3) is 0 Å². The molecule has 1 aliphatic rings. The Kier molecular flexibility index (Phi) is 9.68. The van der Waals surface area contributed by atoms with Gasteiger partial charge in [0.15, 0.2) is 6.61 Å². The Morgan fingerprint density at radius 3 is 2.64 bits per heavy atom. The van der Waals surface area contributed by atoms with Crippen LogP contribution in [-0.4, -0.2) is 65.1 Å².